The number of sulfonamides is 1. The quantitative estimate of drug-likeness (QED) is 0.540. The van der Waals surface area contributed by atoms with Crippen LogP contribution in [0, 0.1) is 0 Å². The fourth-order valence-corrected chi connectivity index (χ4v) is 3.72. The van der Waals surface area contributed by atoms with Crippen LogP contribution in [0.15, 0.2) is 88.4 Å². The summed E-state index contributed by atoms with van der Waals surface area (Å²) in [6, 6.07) is 18.3. The van der Waals surface area contributed by atoms with E-state index in [0.29, 0.717) is 5.69 Å². The molecule has 0 unspecified atom stereocenters. The van der Waals surface area contributed by atoms with Crippen molar-refractivity contribution in [2.45, 2.75) is 4.90 Å². The van der Waals surface area contributed by atoms with E-state index >= 15 is 0 Å². The summed E-state index contributed by atoms with van der Waals surface area (Å²) in [4.78, 5) is 16.1. The van der Waals surface area contributed by atoms with Gasteiger partial charge in [0, 0.05) is 22.4 Å². The highest BCUT2D eigenvalue weighted by atomic mass is 79.9. The minimum atomic E-state index is -3.75. The van der Waals surface area contributed by atoms with E-state index in [1.165, 1.54) is 36.5 Å². The highest BCUT2D eigenvalue weighted by Crippen LogP contribution is 2.18. The number of nitrogens with one attached hydrogen (secondary N) is 2. The maximum Gasteiger partial charge on any atom is 0.263 e. The van der Waals surface area contributed by atoms with Crippen molar-refractivity contribution in [3.63, 3.8) is 0 Å². The summed E-state index contributed by atoms with van der Waals surface area (Å²) in [5, 5.41) is 2.69. The van der Waals surface area contributed by atoms with Crippen LogP contribution in [0.3, 0.4) is 0 Å². The molecule has 0 atom stereocenters. The van der Waals surface area contributed by atoms with Gasteiger partial charge in [-0.25, -0.2) is 13.4 Å². The number of aromatic nitrogens is 1. The third-order valence-electron chi connectivity index (χ3n) is 3.66. The van der Waals surface area contributed by atoms with Crippen LogP contribution >= 0.6 is 15.9 Å². The van der Waals surface area contributed by atoms with Crippen molar-refractivity contribution >= 4 is 49.4 Å². The molecule has 1 aromatic heterocycles. The smallest absolute Gasteiger partial charge is 0.263 e. The number of nitrogens with zero attached hydrogens (tertiary/aromatic N) is 1. The highest BCUT2D eigenvalue weighted by Gasteiger charge is 2.14. The molecule has 0 fully saturated rings. The predicted molar refractivity (Wildman–Crippen MR) is 113 cm³/mol. The number of halogens is 1. The number of pyridine rings is 1. The average Bonchev–Trinajstić information content (AvgIpc) is 2.68. The van der Waals surface area contributed by atoms with Gasteiger partial charge >= 0.3 is 0 Å². The van der Waals surface area contributed by atoms with E-state index in [1.807, 2.05) is 24.3 Å². The van der Waals surface area contributed by atoms with Gasteiger partial charge in [-0.2, -0.15) is 0 Å². The molecule has 0 aliphatic rings. The number of benzene rings is 2. The van der Waals surface area contributed by atoms with Crippen LogP contribution in [-0.4, -0.2) is 19.3 Å². The Morgan fingerprint density at radius 2 is 1.68 bits per heavy atom. The molecule has 0 saturated heterocycles. The maximum absolute atomic E-state index is 12.4. The zero-order chi connectivity index (χ0) is 20.0. The first kappa shape index (κ1) is 19.8. The van der Waals surface area contributed by atoms with Gasteiger partial charge in [0.15, 0.2) is 0 Å². The van der Waals surface area contributed by atoms with Gasteiger partial charge in [0.25, 0.3) is 10.0 Å². The van der Waals surface area contributed by atoms with Crippen LogP contribution in [0.2, 0.25) is 0 Å². The van der Waals surface area contributed by atoms with Crippen molar-refractivity contribution in [3.8, 4) is 0 Å². The largest absolute Gasteiger partial charge is 0.323 e. The Morgan fingerprint density at radius 3 is 2.36 bits per heavy atom. The molecule has 0 spiro atoms. The minimum Gasteiger partial charge on any atom is -0.323 e. The maximum atomic E-state index is 12.4. The van der Waals surface area contributed by atoms with Gasteiger partial charge in [0.1, 0.15) is 5.82 Å². The fourth-order valence-electron chi connectivity index (χ4n) is 2.30. The van der Waals surface area contributed by atoms with Crippen molar-refractivity contribution in [2.75, 3.05) is 10.0 Å². The lowest BCUT2D eigenvalue weighted by Crippen LogP contribution is -2.14. The van der Waals surface area contributed by atoms with Gasteiger partial charge in [0.05, 0.1) is 4.90 Å². The van der Waals surface area contributed by atoms with Gasteiger partial charge in [-0.15, -0.1) is 0 Å². The summed E-state index contributed by atoms with van der Waals surface area (Å²) in [5.74, 6) is -0.0879. The second-order valence-corrected chi connectivity index (χ2v) is 8.23. The Bertz CT molecular complexity index is 1100. The van der Waals surface area contributed by atoms with Crippen molar-refractivity contribution in [2.24, 2.45) is 0 Å². The molecule has 2 N–H and O–H groups in total. The molecule has 3 aromatic rings. The number of carbonyl (C=O) groups excluding carboxylic acids is 1. The summed E-state index contributed by atoms with van der Waals surface area (Å²) in [6.45, 7) is 0. The molecule has 2 aromatic carbocycles. The van der Waals surface area contributed by atoms with Crippen LogP contribution in [-0.2, 0) is 14.8 Å². The first-order valence-electron chi connectivity index (χ1n) is 8.21. The second kappa shape index (κ2) is 8.81. The molecule has 0 aliphatic heterocycles. The van der Waals surface area contributed by atoms with Crippen LogP contribution in [0.1, 0.15) is 5.56 Å². The van der Waals surface area contributed by atoms with Crippen LogP contribution in [0.4, 0.5) is 11.5 Å². The summed E-state index contributed by atoms with van der Waals surface area (Å²) in [5.41, 5.74) is 1.36. The van der Waals surface area contributed by atoms with E-state index in [9.17, 15) is 13.2 Å². The molecule has 0 saturated carbocycles. The lowest BCUT2D eigenvalue weighted by atomic mass is 10.2. The number of hydrogen-bond acceptors (Lipinski definition) is 4. The molecule has 0 bridgehead atoms. The number of anilines is 2. The normalized spacial score (nSPS) is 11.3. The molecule has 0 radical (unpaired) electrons. The van der Waals surface area contributed by atoms with E-state index in [2.05, 4.69) is 31.0 Å². The number of rotatable bonds is 6. The van der Waals surface area contributed by atoms with Gasteiger partial charge in [0.2, 0.25) is 5.91 Å². The summed E-state index contributed by atoms with van der Waals surface area (Å²) in [6.07, 6.45) is 4.60. The monoisotopic (exact) mass is 457 g/mol. The Balaban J connectivity index is 1.65. The average molecular weight is 458 g/mol. The van der Waals surface area contributed by atoms with Crippen LogP contribution < -0.4 is 10.0 Å². The van der Waals surface area contributed by atoms with Gasteiger partial charge in [-0.3, -0.25) is 9.52 Å². The third kappa shape index (κ3) is 5.28. The van der Waals surface area contributed by atoms with E-state index in [4.69, 9.17) is 0 Å². The lowest BCUT2D eigenvalue weighted by molar-refractivity contribution is -0.111. The molecule has 28 heavy (non-hydrogen) atoms. The lowest BCUT2D eigenvalue weighted by Gasteiger charge is -2.08. The minimum absolute atomic E-state index is 0.0694. The fraction of sp³-hybridized carbons (Fsp3) is 0. The van der Waals surface area contributed by atoms with Crippen LogP contribution in [0.25, 0.3) is 6.08 Å². The molecule has 6 nitrogen and oxygen atoms in total. The standard InChI is InChI=1S/C20H16BrN3O3S/c21-18-6-2-1-5-15(18)8-13-20(25)23-16-9-11-17(12-10-16)28(26,27)24-19-7-3-4-14-22-19/h1-14H,(H,22,24)(H,23,25)/b13-8+. The number of carbonyl (C=O) groups is 1. The first-order valence-corrected chi connectivity index (χ1v) is 10.5. The molecule has 142 valence electrons. The Kier molecular flexibility index (Phi) is 6.23. The molecular weight excluding hydrogens is 442 g/mol. The summed E-state index contributed by atoms with van der Waals surface area (Å²) in [7, 11) is -3.75. The molecular formula is C20H16BrN3O3S. The van der Waals surface area contributed by atoms with Gasteiger partial charge in [-0.05, 0) is 54.1 Å². The first-order chi connectivity index (χ1) is 13.4. The second-order valence-electron chi connectivity index (χ2n) is 5.69. The zero-order valence-corrected chi connectivity index (χ0v) is 16.9. The highest BCUT2D eigenvalue weighted by molar-refractivity contribution is 9.10. The predicted octanol–water partition coefficient (Wildman–Crippen LogP) is 4.30. The van der Waals surface area contributed by atoms with E-state index in [0.717, 1.165) is 10.0 Å². The van der Waals surface area contributed by atoms with Crippen molar-refractivity contribution in [3.05, 3.63) is 89.0 Å². The zero-order valence-electron chi connectivity index (χ0n) is 14.5. The SMILES string of the molecule is O=C(/C=C/c1ccccc1Br)Nc1ccc(S(=O)(=O)Nc2ccccn2)cc1. The Morgan fingerprint density at radius 1 is 0.964 bits per heavy atom. The van der Waals surface area contributed by atoms with E-state index < -0.39 is 10.0 Å². The number of amides is 1. The summed E-state index contributed by atoms with van der Waals surface area (Å²) < 4.78 is 28.0. The van der Waals surface area contributed by atoms with Crippen molar-refractivity contribution < 1.29 is 13.2 Å². The Hall–Kier alpha value is -2.97. The molecule has 0 aliphatic carbocycles. The molecule has 3 rings (SSSR count). The summed E-state index contributed by atoms with van der Waals surface area (Å²) >= 11 is 3.41. The molecule has 1 heterocycles. The van der Waals surface area contributed by atoms with Gasteiger partial charge in [-0.1, -0.05) is 40.2 Å². The third-order valence-corrected chi connectivity index (χ3v) is 5.75. The molecule has 1 amide bonds. The Labute approximate surface area is 171 Å². The van der Waals surface area contributed by atoms with E-state index in [1.54, 1.807) is 24.3 Å². The van der Waals surface area contributed by atoms with Gasteiger partial charge < -0.3 is 5.32 Å². The topological polar surface area (TPSA) is 88.2 Å². The van der Waals surface area contributed by atoms with Crippen molar-refractivity contribution in [1.82, 2.24) is 4.98 Å². The van der Waals surface area contributed by atoms with E-state index in [-0.39, 0.29) is 16.6 Å². The number of hydrogen-bond donors (Lipinski definition) is 2. The van der Waals surface area contributed by atoms with Crippen LogP contribution in [0.5, 0.6) is 0 Å². The van der Waals surface area contributed by atoms with Crippen molar-refractivity contribution in [1.29, 1.82) is 0 Å². The molecule has 8 heteroatoms.